The number of anilines is 1. The van der Waals surface area contributed by atoms with Gasteiger partial charge in [-0.25, -0.2) is 4.79 Å². The number of H-pyrrole nitrogens is 2. The summed E-state index contributed by atoms with van der Waals surface area (Å²) in [5, 5.41) is 2.76. The van der Waals surface area contributed by atoms with Crippen LogP contribution in [0, 0.1) is 0 Å². The van der Waals surface area contributed by atoms with Crippen LogP contribution in [-0.4, -0.2) is 16.5 Å². The lowest BCUT2D eigenvalue weighted by Crippen LogP contribution is -2.24. The number of aromatic amines is 2. The third-order valence-corrected chi connectivity index (χ3v) is 1.26. The number of aromatic nitrogens is 2. The summed E-state index contributed by atoms with van der Waals surface area (Å²) in [7, 11) is 0. The third-order valence-electron chi connectivity index (χ3n) is 1.26. The largest absolute Gasteiger partial charge is 0.376 e. The van der Waals surface area contributed by atoms with E-state index in [-0.39, 0.29) is 0 Å². The van der Waals surface area contributed by atoms with Crippen LogP contribution < -0.4 is 16.6 Å². The van der Waals surface area contributed by atoms with Crippen molar-refractivity contribution >= 4 is 5.69 Å². The third kappa shape index (κ3) is 1.85. The van der Waals surface area contributed by atoms with E-state index in [9.17, 15) is 9.59 Å². The first kappa shape index (κ1) is 8.32. The molecule has 0 saturated carbocycles. The van der Waals surface area contributed by atoms with E-state index in [1.54, 1.807) is 6.08 Å². The van der Waals surface area contributed by atoms with E-state index in [4.69, 9.17) is 0 Å². The zero-order chi connectivity index (χ0) is 8.97. The predicted octanol–water partition coefficient (Wildman–Crippen LogP) is -0.339. The van der Waals surface area contributed by atoms with E-state index < -0.39 is 11.2 Å². The lowest BCUT2D eigenvalue weighted by molar-refractivity contribution is 1.03. The van der Waals surface area contributed by atoms with E-state index in [1.165, 1.54) is 6.20 Å². The normalized spacial score (nSPS) is 9.33. The molecule has 0 radical (unpaired) electrons. The maximum absolute atomic E-state index is 11.0. The maximum atomic E-state index is 11.0. The van der Waals surface area contributed by atoms with Gasteiger partial charge >= 0.3 is 5.69 Å². The summed E-state index contributed by atoms with van der Waals surface area (Å²) in [4.78, 5) is 26.0. The first-order valence-electron chi connectivity index (χ1n) is 3.41. The summed E-state index contributed by atoms with van der Waals surface area (Å²) in [6.07, 6.45) is 2.94. The fourth-order valence-corrected chi connectivity index (χ4v) is 0.723. The van der Waals surface area contributed by atoms with Crippen molar-refractivity contribution in [3.8, 4) is 0 Å². The van der Waals surface area contributed by atoms with Gasteiger partial charge in [0, 0.05) is 12.7 Å². The Bertz CT molecular complexity index is 377. The first-order valence-corrected chi connectivity index (χ1v) is 3.41. The topological polar surface area (TPSA) is 77.8 Å². The molecule has 0 amide bonds. The molecular weight excluding hydrogens is 158 g/mol. The van der Waals surface area contributed by atoms with Gasteiger partial charge in [0.2, 0.25) is 0 Å². The second-order valence-electron chi connectivity index (χ2n) is 2.16. The van der Waals surface area contributed by atoms with Gasteiger partial charge < -0.3 is 10.3 Å². The Kier molecular flexibility index (Phi) is 2.47. The van der Waals surface area contributed by atoms with Crippen LogP contribution in [0.3, 0.4) is 0 Å². The molecule has 1 aromatic rings. The fourth-order valence-electron chi connectivity index (χ4n) is 0.723. The van der Waals surface area contributed by atoms with Gasteiger partial charge in [0.05, 0.1) is 0 Å². The van der Waals surface area contributed by atoms with Gasteiger partial charge in [-0.2, -0.15) is 0 Å². The van der Waals surface area contributed by atoms with Crippen molar-refractivity contribution in [3.05, 3.63) is 39.7 Å². The zero-order valence-electron chi connectivity index (χ0n) is 6.39. The number of nitrogens with one attached hydrogen (secondary N) is 3. The van der Waals surface area contributed by atoms with Gasteiger partial charge in [0.1, 0.15) is 5.69 Å². The summed E-state index contributed by atoms with van der Waals surface area (Å²) in [6.45, 7) is 3.96. The monoisotopic (exact) mass is 167 g/mol. The van der Waals surface area contributed by atoms with Crippen LogP contribution in [-0.2, 0) is 0 Å². The molecule has 1 aromatic heterocycles. The maximum Gasteiger partial charge on any atom is 0.325 e. The minimum Gasteiger partial charge on any atom is -0.376 e. The first-order chi connectivity index (χ1) is 5.74. The highest BCUT2D eigenvalue weighted by Gasteiger charge is 1.95. The molecule has 0 aliphatic rings. The van der Waals surface area contributed by atoms with E-state index >= 15 is 0 Å². The highest BCUT2D eigenvalue weighted by Crippen LogP contribution is 1.89. The summed E-state index contributed by atoms with van der Waals surface area (Å²) in [5.41, 5.74) is -0.612. The molecule has 0 unspecified atom stereocenters. The minimum atomic E-state index is -0.510. The summed E-state index contributed by atoms with van der Waals surface area (Å²) >= 11 is 0. The highest BCUT2D eigenvalue weighted by atomic mass is 16.2. The number of hydrogen-bond donors (Lipinski definition) is 3. The number of rotatable bonds is 3. The van der Waals surface area contributed by atoms with Crippen LogP contribution in [0.2, 0.25) is 0 Å². The molecule has 0 fully saturated rings. The lowest BCUT2D eigenvalue weighted by atomic mass is 10.5. The van der Waals surface area contributed by atoms with Crippen molar-refractivity contribution in [3.63, 3.8) is 0 Å². The molecule has 0 aliphatic heterocycles. The van der Waals surface area contributed by atoms with Gasteiger partial charge in [-0.3, -0.25) is 9.78 Å². The van der Waals surface area contributed by atoms with Gasteiger partial charge in [-0.05, 0) is 0 Å². The molecule has 5 nitrogen and oxygen atoms in total. The molecule has 64 valence electrons. The summed E-state index contributed by atoms with van der Waals surface area (Å²) in [6, 6.07) is 0. The van der Waals surface area contributed by atoms with E-state index in [0.717, 1.165) is 0 Å². The Balaban J connectivity index is 2.94. The van der Waals surface area contributed by atoms with Crippen LogP contribution in [0.4, 0.5) is 5.69 Å². The molecule has 5 heteroatoms. The Morgan fingerprint density at radius 3 is 2.92 bits per heavy atom. The summed E-state index contributed by atoms with van der Waals surface area (Å²) < 4.78 is 0. The van der Waals surface area contributed by atoms with Crippen molar-refractivity contribution in [1.82, 2.24) is 9.97 Å². The molecule has 0 bridgehead atoms. The van der Waals surface area contributed by atoms with Crippen LogP contribution in [0.1, 0.15) is 0 Å². The molecule has 1 heterocycles. The van der Waals surface area contributed by atoms with Gasteiger partial charge in [0.15, 0.2) is 0 Å². The average Bonchev–Trinajstić information content (AvgIpc) is 2.03. The van der Waals surface area contributed by atoms with Crippen molar-refractivity contribution in [2.45, 2.75) is 0 Å². The van der Waals surface area contributed by atoms with Crippen molar-refractivity contribution < 1.29 is 0 Å². The van der Waals surface area contributed by atoms with Gasteiger partial charge in [-0.1, -0.05) is 6.08 Å². The molecule has 3 N–H and O–H groups in total. The second kappa shape index (κ2) is 3.56. The fraction of sp³-hybridized carbons (Fsp3) is 0.143. The molecule has 1 rings (SSSR count). The Labute approximate surface area is 68.1 Å². The average molecular weight is 167 g/mol. The van der Waals surface area contributed by atoms with E-state index in [1.807, 2.05) is 0 Å². The quantitative estimate of drug-likeness (QED) is 0.539. The van der Waals surface area contributed by atoms with Crippen LogP contribution in [0.15, 0.2) is 28.4 Å². The molecule has 0 saturated heterocycles. The zero-order valence-corrected chi connectivity index (χ0v) is 6.39. The smallest absolute Gasteiger partial charge is 0.325 e. The molecule has 0 spiro atoms. The molecule has 0 atom stereocenters. The standard InChI is InChI=1S/C7H9N3O2/c1-2-3-8-5-4-9-7(12)10-6(5)11/h2,4,8H,1,3H2,(H2,9,10,11,12). The van der Waals surface area contributed by atoms with Gasteiger partial charge in [0.25, 0.3) is 5.56 Å². The minimum absolute atomic E-state index is 0.328. The second-order valence-corrected chi connectivity index (χ2v) is 2.16. The Morgan fingerprint density at radius 2 is 2.33 bits per heavy atom. The highest BCUT2D eigenvalue weighted by molar-refractivity contribution is 5.37. The van der Waals surface area contributed by atoms with Crippen molar-refractivity contribution in [2.24, 2.45) is 0 Å². The van der Waals surface area contributed by atoms with Crippen molar-refractivity contribution in [1.29, 1.82) is 0 Å². The molecular formula is C7H9N3O2. The molecule has 0 aliphatic carbocycles. The lowest BCUT2D eigenvalue weighted by Gasteiger charge is -1.98. The van der Waals surface area contributed by atoms with Crippen LogP contribution in [0.5, 0.6) is 0 Å². The SMILES string of the molecule is C=CCNc1c[nH]c(=O)[nH]c1=O. The van der Waals surface area contributed by atoms with E-state index in [2.05, 4.69) is 21.9 Å². The summed E-state index contributed by atoms with van der Waals surface area (Å²) in [5.74, 6) is 0. The van der Waals surface area contributed by atoms with Crippen LogP contribution >= 0.6 is 0 Å². The molecule has 0 aromatic carbocycles. The van der Waals surface area contributed by atoms with Crippen molar-refractivity contribution in [2.75, 3.05) is 11.9 Å². The Morgan fingerprint density at radius 1 is 1.58 bits per heavy atom. The molecule has 12 heavy (non-hydrogen) atoms. The van der Waals surface area contributed by atoms with Crippen LogP contribution in [0.25, 0.3) is 0 Å². The van der Waals surface area contributed by atoms with Gasteiger partial charge in [-0.15, -0.1) is 6.58 Å². The predicted molar refractivity (Wildman–Crippen MR) is 46.4 cm³/mol. The van der Waals surface area contributed by atoms with E-state index in [0.29, 0.717) is 12.2 Å². The Hall–Kier alpha value is -1.78. The number of hydrogen-bond acceptors (Lipinski definition) is 3.